The van der Waals surface area contributed by atoms with Gasteiger partial charge in [-0.1, -0.05) is 11.6 Å². The number of aromatic nitrogens is 2. The molecule has 1 aromatic rings. The topological polar surface area (TPSA) is 37.8 Å². The summed E-state index contributed by atoms with van der Waals surface area (Å²) in [5.74, 6) is 3.94. The quantitative estimate of drug-likeness (QED) is 0.791. The van der Waals surface area contributed by atoms with E-state index in [2.05, 4.69) is 15.3 Å². The first-order valence-corrected chi connectivity index (χ1v) is 6.13. The second-order valence-electron chi connectivity index (χ2n) is 3.33. The van der Waals surface area contributed by atoms with Crippen molar-refractivity contribution in [1.29, 1.82) is 0 Å². The number of rotatable bonds is 2. The van der Waals surface area contributed by atoms with Crippen molar-refractivity contribution < 1.29 is 0 Å². The highest BCUT2D eigenvalue weighted by molar-refractivity contribution is 7.99. The van der Waals surface area contributed by atoms with Crippen LogP contribution in [0, 0.1) is 6.92 Å². The minimum atomic E-state index is 0.505. The lowest BCUT2D eigenvalue weighted by Crippen LogP contribution is -2.19. The zero-order valence-electron chi connectivity index (χ0n) is 7.96. The Morgan fingerprint density at radius 1 is 1.57 bits per heavy atom. The third kappa shape index (κ3) is 2.51. The van der Waals surface area contributed by atoms with Crippen molar-refractivity contribution in [2.75, 3.05) is 16.8 Å². The van der Waals surface area contributed by atoms with Crippen molar-refractivity contribution >= 4 is 29.2 Å². The molecule has 1 aliphatic rings. The largest absolute Gasteiger partial charge is 0.366 e. The Labute approximate surface area is 92.7 Å². The van der Waals surface area contributed by atoms with Crippen LogP contribution in [-0.2, 0) is 0 Å². The summed E-state index contributed by atoms with van der Waals surface area (Å²) in [5.41, 5.74) is 0. The number of halogens is 1. The van der Waals surface area contributed by atoms with E-state index in [0.29, 0.717) is 17.0 Å². The Hall–Kier alpha value is -0.480. The Morgan fingerprint density at radius 3 is 3.07 bits per heavy atom. The van der Waals surface area contributed by atoms with Crippen LogP contribution in [0.5, 0.6) is 0 Å². The number of nitrogens with one attached hydrogen (secondary N) is 1. The third-order valence-electron chi connectivity index (χ3n) is 2.09. The molecule has 2 heterocycles. The lowest BCUT2D eigenvalue weighted by Gasteiger charge is -2.11. The van der Waals surface area contributed by atoms with Crippen LogP contribution in [0.1, 0.15) is 12.2 Å². The lowest BCUT2D eigenvalue weighted by atomic mass is 10.2. The van der Waals surface area contributed by atoms with Crippen molar-refractivity contribution in [2.45, 2.75) is 19.4 Å². The molecule has 1 saturated heterocycles. The molecule has 14 heavy (non-hydrogen) atoms. The molecule has 0 saturated carbocycles. The van der Waals surface area contributed by atoms with E-state index in [4.69, 9.17) is 11.6 Å². The standard InChI is InChI=1S/C9H12ClN3S/c1-6-11-8(10)4-9(12-6)13-7-2-3-14-5-7/h4,7H,2-3,5H2,1H3,(H,11,12,13). The van der Waals surface area contributed by atoms with Crippen LogP contribution in [-0.4, -0.2) is 27.5 Å². The molecule has 5 heteroatoms. The predicted molar refractivity (Wildman–Crippen MR) is 61.1 cm³/mol. The van der Waals surface area contributed by atoms with Gasteiger partial charge in [-0.15, -0.1) is 0 Å². The smallest absolute Gasteiger partial charge is 0.134 e. The molecular weight excluding hydrogens is 218 g/mol. The van der Waals surface area contributed by atoms with Crippen LogP contribution >= 0.6 is 23.4 Å². The summed E-state index contributed by atoms with van der Waals surface area (Å²) in [4.78, 5) is 8.30. The number of thioether (sulfide) groups is 1. The zero-order valence-corrected chi connectivity index (χ0v) is 9.53. The maximum absolute atomic E-state index is 5.84. The fourth-order valence-corrected chi connectivity index (χ4v) is 2.84. The first-order chi connectivity index (χ1) is 6.74. The number of hydrogen-bond donors (Lipinski definition) is 1. The van der Waals surface area contributed by atoms with Crippen molar-refractivity contribution in [1.82, 2.24) is 9.97 Å². The van der Waals surface area contributed by atoms with Crippen molar-refractivity contribution in [2.24, 2.45) is 0 Å². The molecule has 1 unspecified atom stereocenters. The summed E-state index contributed by atoms with van der Waals surface area (Å²) < 4.78 is 0. The molecule has 1 aromatic heterocycles. The molecule has 1 N–H and O–H groups in total. The number of aryl methyl sites for hydroxylation is 1. The summed E-state index contributed by atoms with van der Waals surface area (Å²) in [6, 6.07) is 2.31. The van der Waals surface area contributed by atoms with Crippen LogP contribution in [0.3, 0.4) is 0 Å². The van der Waals surface area contributed by atoms with Gasteiger partial charge in [-0.2, -0.15) is 11.8 Å². The van der Waals surface area contributed by atoms with E-state index in [-0.39, 0.29) is 0 Å². The van der Waals surface area contributed by atoms with Gasteiger partial charge in [-0.05, 0) is 19.1 Å². The van der Waals surface area contributed by atoms with Gasteiger partial charge in [-0.25, -0.2) is 9.97 Å². The number of nitrogens with zero attached hydrogens (tertiary/aromatic N) is 2. The Balaban J connectivity index is 2.07. The van der Waals surface area contributed by atoms with Gasteiger partial charge in [0, 0.05) is 17.9 Å². The van der Waals surface area contributed by atoms with Gasteiger partial charge in [0.25, 0.3) is 0 Å². The fourth-order valence-electron chi connectivity index (χ4n) is 1.46. The summed E-state index contributed by atoms with van der Waals surface area (Å²) in [6.07, 6.45) is 1.20. The summed E-state index contributed by atoms with van der Waals surface area (Å²) >= 11 is 7.81. The average Bonchev–Trinajstić information content (AvgIpc) is 2.54. The minimum Gasteiger partial charge on any atom is -0.366 e. The summed E-state index contributed by atoms with van der Waals surface area (Å²) in [6.45, 7) is 1.85. The molecule has 76 valence electrons. The maximum atomic E-state index is 5.84. The van der Waals surface area contributed by atoms with Crippen LogP contribution in [0.4, 0.5) is 5.82 Å². The molecule has 3 nitrogen and oxygen atoms in total. The van der Waals surface area contributed by atoms with Gasteiger partial charge < -0.3 is 5.32 Å². The van der Waals surface area contributed by atoms with E-state index < -0.39 is 0 Å². The number of hydrogen-bond acceptors (Lipinski definition) is 4. The fraction of sp³-hybridized carbons (Fsp3) is 0.556. The highest BCUT2D eigenvalue weighted by atomic mass is 35.5. The summed E-state index contributed by atoms with van der Waals surface area (Å²) in [5, 5.41) is 3.87. The van der Waals surface area contributed by atoms with Gasteiger partial charge in [-0.3, -0.25) is 0 Å². The molecule has 0 bridgehead atoms. The van der Waals surface area contributed by atoms with Crippen LogP contribution in [0.15, 0.2) is 6.07 Å². The van der Waals surface area contributed by atoms with Crippen molar-refractivity contribution in [3.05, 3.63) is 17.0 Å². The predicted octanol–water partition coefficient (Wildman–Crippen LogP) is 2.36. The average molecular weight is 230 g/mol. The molecule has 1 aliphatic heterocycles. The van der Waals surface area contributed by atoms with Crippen LogP contribution < -0.4 is 5.32 Å². The second-order valence-corrected chi connectivity index (χ2v) is 4.87. The third-order valence-corrected chi connectivity index (χ3v) is 3.44. The Morgan fingerprint density at radius 2 is 2.43 bits per heavy atom. The monoisotopic (exact) mass is 229 g/mol. The molecule has 0 aromatic carbocycles. The van der Waals surface area contributed by atoms with Gasteiger partial charge in [0.1, 0.15) is 16.8 Å². The van der Waals surface area contributed by atoms with E-state index in [1.165, 1.54) is 12.2 Å². The highest BCUT2D eigenvalue weighted by Crippen LogP contribution is 2.21. The first kappa shape index (κ1) is 10.1. The van der Waals surface area contributed by atoms with E-state index in [1.54, 1.807) is 6.07 Å². The van der Waals surface area contributed by atoms with Crippen LogP contribution in [0.25, 0.3) is 0 Å². The molecule has 2 rings (SSSR count). The van der Waals surface area contributed by atoms with Gasteiger partial charge in [0.2, 0.25) is 0 Å². The molecule has 0 spiro atoms. The van der Waals surface area contributed by atoms with Gasteiger partial charge in [0.15, 0.2) is 0 Å². The molecule has 0 radical (unpaired) electrons. The lowest BCUT2D eigenvalue weighted by molar-refractivity contribution is 0.803. The van der Waals surface area contributed by atoms with E-state index >= 15 is 0 Å². The maximum Gasteiger partial charge on any atom is 0.134 e. The molecule has 1 atom stereocenters. The minimum absolute atomic E-state index is 0.505. The van der Waals surface area contributed by atoms with E-state index in [0.717, 1.165) is 11.6 Å². The Bertz CT molecular complexity index is 306. The molecule has 1 fully saturated rings. The SMILES string of the molecule is Cc1nc(Cl)cc(NC2CCSC2)n1. The van der Waals surface area contributed by atoms with Gasteiger partial charge in [0.05, 0.1) is 0 Å². The normalized spacial score (nSPS) is 21.1. The van der Waals surface area contributed by atoms with E-state index in [1.807, 2.05) is 18.7 Å². The second kappa shape index (κ2) is 4.36. The van der Waals surface area contributed by atoms with Crippen molar-refractivity contribution in [3.8, 4) is 0 Å². The van der Waals surface area contributed by atoms with Gasteiger partial charge >= 0.3 is 0 Å². The van der Waals surface area contributed by atoms with Crippen LogP contribution in [0.2, 0.25) is 5.15 Å². The van der Waals surface area contributed by atoms with Crippen molar-refractivity contribution in [3.63, 3.8) is 0 Å². The highest BCUT2D eigenvalue weighted by Gasteiger charge is 2.15. The Kier molecular flexibility index (Phi) is 3.13. The molecule has 0 aliphatic carbocycles. The molecule has 0 amide bonds. The van der Waals surface area contributed by atoms with E-state index in [9.17, 15) is 0 Å². The summed E-state index contributed by atoms with van der Waals surface area (Å²) in [7, 11) is 0. The molecular formula is C9H12ClN3S. The first-order valence-electron chi connectivity index (χ1n) is 4.59. The number of anilines is 1. The zero-order chi connectivity index (χ0) is 9.97.